The van der Waals surface area contributed by atoms with Crippen molar-refractivity contribution in [3.63, 3.8) is 0 Å². The number of carbonyl (C=O) groups excluding carboxylic acids is 3. The number of aliphatic hydroxyl groups is 2. The smallest absolute Gasteiger partial charge is 0.408 e. The Hall–Kier alpha value is -3.58. The molecule has 0 aliphatic carbocycles. The lowest BCUT2D eigenvalue weighted by molar-refractivity contribution is -0.320. The number of alkyl carbamates (subject to hydrolysis) is 1. The Morgan fingerprint density at radius 2 is 1.67 bits per heavy atom. The molecule has 16 nitrogen and oxygen atoms in total. The highest BCUT2D eigenvalue weighted by Crippen LogP contribution is 2.43. The van der Waals surface area contributed by atoms with Crippen molar-refractivity contribution < 1.29 is 62.5 Å². The van der Waals surface area contributed by atoms with Crippen LogP contribution >= 0.6 is 0 Å². The van der Waals surface area contributed by atoms with E-state index in [9.17, 15) is 24.6 Å². The van der Waals surface area contributed by atoms with Gasteiger partial charge in [-0.2, -0.15) is 0 Å². The summed E-state index contributed by atoms with van der Waals surface area (Å²) in [4.78, 5) is 49.2. The molecular formula is C50H75N3O13. The number of cyclic esters (lactones) is 1. The van der Waals surface area contributed by atoms with Crippen molar-refractivity contribution in [1.82, 2.24) is 15.2 Å². The zero-order chi connectivity index (χ0) is 48.5. The molecule has 4 fully saturated rings. The maximum absolute atomic E-state index is 14.8. The SMILES string of the molecule is CC[C@H]1OC(=O)[C@H](C)[C@@H](O[C@H]2C[C@](C)(OC)[C@@H](O)[C@H](C)O2)[C@H](C)[C@@H](O[C@@H]2O[C@H](C)C[C@H](N(C)C)[C@H]2O)[C@](C)(OC/C=C/c2cnc3ccccc3c2)C[C@@H](C)C(=O)[C@H](C)[C@H]2NC(=O)O[C@@]21C. The van der Waals surface area contributed by atoms with E-state index in [1.807, 2.05) is 96.1 Å². The van der Waals surface area contributed by atoms with Crippen molar-refractivity contribution in [1.29, 1.82) is 0 Å². The first-order valence-electron chi connectivity index (χ1n) is 23.6. The van der Waals surface area contributed by atoms with Crippen LogP contribution in [0.1, 0.15) is 100 Å². The number of benzene rings is 1. The third kappa shape index (κ3) is 10.8. The Kier molecular flexibility index (Phi) is 16.5. The number of esters is 1. The topological polar surface area (TPSA) is 194 Å². The van der Waals surface area contributed by atoms with E-state index < -0.39 is 108 Å². The standard InChI is InChI=1S/C50H75N3O13/c1-14-37-50(10)42(52-47(58)66-50)29(4)39(54)27(2)24-49(9,60-21-17-18-33-23-34-19-15-16-20-35(34)51-26-33)44(65-46-40(55)36(53(11)12)22-28(3)61-46)30(5)41(31(6)45(57)63-37)64-38-25-48(8,59-13)43(56)32(7)62-38/h15-20,23,26-32,36-38,40-44,46,55-56H,14,21-22,24-25H2,1-13H3,(H,52,58)/b18-17+/t27-,28-,29+,30+,31-,32+,36+,37-,38+,40-,41+,42-,43+,44-,46+,48+,49-,50-/m1/s1. The van der Waals surface area contributed by atoms with Crippen molar-refractivity contribution in [2.45, 2.75) is 179 Å². The van der Waals surface area contributed by atoms with Crippen molar-refractivity contribution in [3.8, 4) is 0 Å². The number of para-hydroxylation sites is 1. The van der Waals surface area contributed by atoms with Gasteiger partial charge in [-0.05, 0) is 92.6 Å². The normalized spacial score (nSPS) is 41.9. The number of hydrogen-bond acceptors (Lipinski definition) is 15. The third-order valence-electron chi connectivity index (χ3n) is 14.9. The van der Waals surface area contributed by atoms with E-state index in [1.165, 1.54) is 7.11 Å². The molecule has 368 valence electrons. The summed E-state index contributed by atoms with van der Waals surface area (Å²) in [5.41, 5.74) is -2.08. The summed E-state index contributed by atoms with van der Waals surface area (Å²) in [7, 11) is 5.31. The lowest BCUT2D eigenvalue weighted by Gasteiger charge is -2.50. The molecule has 0 unspecified atom stereocenters. The van der Waals surface area contributed by atoms with Crippen molar-refractivity contribution in [2.75, 3.05) is 27.8 Å². The first-order valence-corrected chi connectivity index (χ1v) is 23.6. The van der Waals surface area contributed by atoms with E-state index in [0.29, 0.717) is 6.42 Å². The van der Waals surface area contributed by atoms with E-state index in [2.05, 4.69) is 10.3 Å². The molecule has 16 heteroatoms. The van der Waals surface area contributed by atoms with Gasteiger partial charge in [0.25, 0.3) is 0 Å². The third-order valence-corrected chi connectivity index (χ3v) is 14.9. The number of ether oxygens (including phenoxy) is 8. The molecule has 18 atom stereocenters. The minimum absolute atomic E-state index is 0.0659. The van der Waals surface area contributed by atoms with Gasteiger partial charge in [-0.15, -0.1) is 0 Å². The number of hydrogen-bond donors (Lipinski definition) is 3. The largest absolute Gasteiger partial charge is 0.458 e. The van der Waals surface area contributed by atoms with Gasteiger partial charge in [0, 0.05) is 48.9 Å². The highest BCUT2D eigenvalue weighted by Gasteiger charge is 2.58. The summed E-state index contributed by atoms with van der Waals surface area (Å²) in [6, 6.07) is 8.73. The molecule has 6 rings (SSSR count). The van der Waals surface area contributed by atoms with Gasteiger partial charge in [0.2, 0.25) is 0 Å². The van der Waals surface area contributed by atoms with Crippen LogP contribution in [0, 0.1) is 23.7 Å². The van der Waals surface area contributed by atoms with Gasteiger partial charge < -0.3 is 58.3 Å². The molecule has 0 bridgehead atoms. The summed E-state index contributed by atoms with van der Waals surface area (Å²) in [5.74, 6) is -4.06. The molecular weight excluding hydrogens is 851 g/mol. The first kappa shape index (κ1) is 51.8. The van der Waals surface area contributed by atoms with Crippen molar-refractivity contribution >= 4 is 34.8 Å². The van der Waals surface area contributed by atoms with Crippen LogP contribution in [0.25, 0.3) is 17.0 Å². The monoisotopic (exact) mass is 926 g/mol. The predicted octanol–water partition coefficient (Wildman–Crippen LogP) is 5.83. The molecule has 0 spiro atoms. The number of ketones is 1. The van der Waals surface area contributed by atoms with Crippen LogP contribution in [0.15, 0.2) is 42.6 Å². The number of rotatable bonds is 11. The molecule has 4 aliphatic heterocycles. The zero-order valence-corrected chi connectivity index (χ0v) is 41.1. The zero-order valence-electron chi connectivity index (χ0n) is 41.1. The average molecular weight is 926 g/mol. The second-order valence-electron chi connectivity index (χ2n) is 20.1. The number of nitrogens with zero attached hydrogens (tertiary/aromatic N) is 2. The molecule has 0 radical (unpaired) electrons. The van der Waals surface area contributed by atoms with Gasteiger partial charge in [0.15, 0.2) is 18.2 Å². The number of aromatic nitrogens is 1. The summed E-state index contributed by atoms with van der Waals surface area (Å²) in [6.45, 7) is 18.1. The number of Topliss-reactive ketones (excluding diaryl/α,β-unsaturated/α-hetero) is 1. The maximum atomic E-state index is 14.8. The van der Waals surface area contributed by atoms with E-state index in [-0.39, 0.29) is 43.8 Å². The second-order valence-corrected chi connectivity index (χ2v) is 20.1. The minimum atomic E-state index is -1.40. The molecule has 1 aromatic carbocycles. The molecule has 5 heterocycles. The Labute approximate surface area is 390 Å². The summed E-state index contributed by atoms with van der Waals surface area (Å²) in [5, 5.41) is 27.0. The molecule has 0 saturated carbocycles. The van der Waals surface area contributed by atoms with Crippen LogP contribution < -0.4 is 5.32 Å². The molecule has 4 aliphatic rings. The highest BCUT2D eigenvalue weighted by atomic mass is 16.7. The highest BCUT2D eigenvalue weighted by molar-refractivity contribution is 5.85. The van der Waals surface area contributed by atoms with Gasteiger partial charge in [0.05, 0.1) is 59.7 Å². The van der Waals surface area contributed by atoms with Crippen LogP contribution in [0.3, 0.4) is 0 Å². The molecule has 2 aromatic rings. The van der Waals surface area contributed by atoms with Gasteiger partial charge in [0.1, 0.15) is 24.1 Å². The van der Waals surface area contributed by atoms with Crippen LogP contribution in [0.5, 0.6) is 0 Å². The maximum Gasteiger partial charge on any atom is 0.408 e. The van der Waals surface area contributed by atoms with Gasteiger partial charge >= 0.3 is 12.1 Å². The fourth-order valence-corrected chi connectivity index (χ4v) is 10.9. The van der Waals surface area contributed by atoms with Crippen LogP contribution in [-0.2, 0) is 47.5 Å². The first-order chi connectivity index (χ1) is 31.0. The van der Waals surface area contributed by atoms with E-state index >= 15 is 0 Å². The van der Waals surface area contributed by atoms with E-state index in [1.54, 1.807) is 40.8 Å². The van der Waals surface area contributed by atoms with Gasteiger partial charge in [-0.3, -0.25) is 14.6 Å². The lowest BCUT2D eigenvalue weighted by Crippen LogP contribution is -2.61. The van der Waals surface area contributed by atoms with Crippen LogP contribution in [0.4, 0.5) is 4.79 Å². The van der Waals surface area contributed by atoms with Crippen LogP contribution in [-0.4, -0.2) is 150 Å². The molecule has 66 heavy (non-hydrogen) atoms. The minimum Gasteiger partial charge on any atom is -0.458 e. The van der Waals surface area contributed by atoms with E-state index in [0.717, 1.165) is 16.5 Å². The Balaban J connectivity index is 1.48. The number of fused-ring (bicyclic) bond motifs is 2. The van der Waals surface area contributed by atoms with Crippen molar-refractivity contribution in [2.24, 2.45) is 23.7 Å². The van der Waals surface area contributed by atoms with E-state index in [4.69, 9.17) is 37.9 Å². The number of pyridine rings is 1. The second kappa shape index (κ2) is 21.0. The predicted molar refractivity (Wildman–Crippen MR) is 246 cm³/mol. The quantitative estimate of drug-likeness (QED) is 0.228. The number of methoxy groups -OCH3 is 1. The summed E-state index contributed by atoms with van der Waals surface area (Å²) >= 11 is 0. The fraction of sp³-hybridized carbons (Fsp3) is 0.720. The van der Waals surface area contributed by atoms with Crippen LogP contribution in [0.2, 0.25) is 0 Å². The number of aliphatic hydroxyl groups excluding tert-OH is 2. The Morgan fingerprint density at radius 1 is 0.955 bits per heavy atom. The van der Waals surface area contributed by atoms with Gasteiger partial charge in [-0.1, -0.05) is 58.0 Å². The number of amides is 1. The van der Waals surface area contributed by atoms with Crippen molar-refractivity contribution in [3.05, 3.63) is 48.2 Å². The number of nitrogens with one attached hydrogen (secondary N) is 1. The Morgan fingerprint density at radius 3 is 2.35 bits per heavy atom. The molecule has 3 N–H and O–H groups in total. The summed E-state index contributed by atoms with van der Waals surface area (Å²) < 4.78 is 51.9. The molecule has 1 aromatic heterocycles. The fourth-order valence-electron chi connectivity index (χ4n) is 10.9. The molecule has 1 amide bonds. The Bertz CT molecular complexity index is 2040. The molecule has 4 saturated heterocycles. The average Bonchev–Trinajstić information content (AvgIpc) is 3.60. The van der Waals surface area contributed by atoms with Gasteiger partial charge in [-0.25, -0.2) is 4.79 Å². The summed E-state index contributed by atoms with van der Waals surface area (Å²) in [6.07, 6.45) is -2.31. The number of carbonyl (C=O) groups is 3. The number of likely N-dealkylation sites (N-methyl/N-ethyl adjacent to an activating group) is 1. The lowest BCUT2D eigenvalue weighted by atomic mass is 9.73.